The highest BCUT2D eigenvalue weighted by molar-refractivity contribution is 6.35. The predicted octanol–water partition coefficient (Wildman–Crippen LogP) is -0.0912. The summed E-state index contributed by atoms with van der Waals surface area (Å²) in [6.45, 7) is 0. The summed E-state index contributed by atoms with van der Waals surface area (Å²) in [7, 11) is 0. The molecule has 0 aliphatic heterocycles. The molecule has 0 unspecified atom stereocenters. The highest BCUT2D eigenvalue weighted by Crippen LogP contribution is 1.97. The van der Waals surface area contributed by atoms with Crippen LogP contribution in [-0.2, 0) is 9.59 Å². The van der Waals surface area contributed by atoms with Crippen LogP contribution in [0.2, 0.25) is 0 Å². The van der Waals surface area contributed by atoms with Gasteiger partial charge in [-0.05, 0) is 24.3 Å². The number of carbonyl (C=O) groups excluding carboxylic acids is 4. The lowest BCUT2D eigenvalue weighted by molar-refractivity contribution is -0.140. The minimum absolute atomic E-state index is 0.315. The van der Waals surface area contributed by atoms with Crippen LogP contribution in [0.1, 0.15) is 20.7 Å². The van der Waals surface area contributed by atoms with Gasteiger partial charge in [-0.1, -0.05) is 36.4 Å². The molecule has 0 saturated heterocycles. The molecule has 0 aromatic heterocycles. The van der Waals surface area contributed by atoms with Gasteiger partial charge in [-0.15, -0.1) is 0 Å². The normalized spacial score (nSPS) is 9.50. The first-order valence-corrected chi connectivity index (χ1v) is 6.89. The zero-order valence-electron chi connectivity index (χ0n) is 12.4. The van der Waals surface area contributed by atoms with E-state index < -0.39 is 23.6 Å². The molecule has 2 aromatic carbocycles. The molecule has 2 aromatic rings. The quantitative estimate of drug-likeness (QED) is 0.456. The molecule has 0 radical (unpaired) electrons. The van der Waals surface area contributed by atoms with Crippen molar-refractivity contribution in [2.45, 2.75) is 0 Å². The largest absolute Gasteiger partial charge is 0.329 e. The van der Waals surface area contributed by atoms with Crippen LogP contribution in [0.4, 0.5) is 0 Å². The zero-order valence-corrected chi connectivity index (χ0v) is 12.4. The van der Waals surface area contributed by atoms with Crippen LogP contribution in [0.25, 0.3) is 0 Å². The Labute approximate surface area is 137 Å². The zero-order chi connectivity index (χ0) is 17.4. The molecule has 4 amide bonds. The minimum atomic E-state index is -1.13. The highest BCUT2D eigenvalue weighted by atomic mass is 16.2. The van der Waals surface area contributed by atoms with Crippen molar-refractivity contribution in [3.63, 3.8) is 0 Å². The molecule has 0 aliphatic carbocycles. The Morgan fingerprint density at radius 1 is 0.500 bits per heavy atom. The van der Waals surface area contributed by atoms with Crippen molar-refractivity contribution in [2.75, 3.05) is 0 Å². The van der Waals surface area contributed by atoms with Crippen molar-refractivity contribution in [1.29, 1.82) is 0 Å². The first-order valence-electron chi connectivity index (χ1n) is 6.89. The van der Waals surface area contributed by atoms with Crippen LogP contribution < -0.4 is 21.7 Å². The van der Waals surface area contributed by atoms with E-state index in [1.165, 1.54) is 0 Å². The van der Waals surface area contributed by atoms with Gasteiger partial charge in [0.2, 0.25) is 0 Å². The Kier molecular flexibility index (Phi) is 5.62. The maximum absolute atomic E-state index is 11.7. The lowest BCUT2D eigenvalue weighted by atomic mass is 10.2. The van der Waals surface area contributed by atoms with Gasteiger partial charge < -0.3 is 0 Å². The van der Waals surface area contributed by atoms with Crippen LogP contribution in [-0.4, -0.2) is 23.6 Å². The number of benzene rings is 2. The van der Waals surface area contributed by atoms with E-state index in [1.54, 1.807) is 60.7 Å². The van der Waals surface area contributed by atoms with Crippen molar-refractivity contribution in [3.05, 3.63) is 71.8 Å². The third-order valence-electron chi connectivity index (χ3n) is 2.86. The Hall–Kier alpha value is -3.68. The van der Waals surface area contributed by atoms with Gasteiger partial charge in [0.05, 0.1) is 0 Å². The number of hydrazine groups is 2. The van der Waals surface area contributed by atoms with Gasteiger partial charge in [0.1, 0.15) is 0 Å². The van der Waals surface area contributed by atoms with Crippen molar-refractivity contribution in [3.8, 4) is 0 Å². The van der Waals surface area contributed by atoms with E-state index in [1.807, 2.05) is 10.9 Å². The van der Waals surface area contributed by atoms with Gasteiger partial charge in [-0.3, -0.25) is 40.9 Å². The van der Waals surface area contributed by atoms with Gasteiger partial charge >= 0.3 is 11.8 Å². The second-order valence-corrected chi connectivity index (χ2v) is 4.55. The summed E-state index contributed by atoms with van der Waals surface area (Å²) in [5.74, 6) is -3.42. The molecule has 0 spiro atoms. The van der Waals surface area contributed by atoms with Gasteiger partial charge in [-0.25, -0.2) is 0 Å². The van der Waals surface area contributed by atoms with Gasteiger partial charge in [-0.2, -0.15) is 0 Å². The number of carbonyl (C=O) groups is 4. The predicted molar refractivity (Wildman–Crippen MR) is 84.1 cm³/mol. The average Bonchev–Trinajstić information content (AvgIpc) is 2.64. The Balaban J connectivity index is 1.77. The summed E-state index contributed by atoms with van der Waals surface area (Å²) in [6, 6.07) is 16.3. The highest BCUT2D eigenvalue weighted by Gasteiger charge is 2.15. The van der Waals surface area contributed by atoms with E-state index >= 15 is 0 Å². The van der Waals surface area contributed by atoms with E-state index in [9.17, 15) is 19.2 Å². The van der Waals surface area contributed by atoms with E-state index in [0.29, 0.717) is 11.1 Å². The SMILES string of the molecule is O=C(NNC(=O)c1ccccc1)C(=O)NNC(=O)c1ccccc1. The molecule has 8 heteroatoms. The number of amides is 4. The molecule has 0 aliphatic rings. The molecule has 8 nitrogen and oxygen atoms in total. The minimum Gasteiger partial charge on any atom is -0.267 e. The molecule has 24 heavy (non-hydrogen) atoms. The summed E-state index contributed by atoms with van der Waals surface area (Å²) in [5, 5.41) is 0. The van der Waals surface area contributed by atoms with Crippen LogP contribution >= 0.6 is 0 Å². The molecule has 122 valence electrons. The fraction of sp³-hybridized carbons (Fsp3) is 0. The smallest absolute Gasteiger partial charge is 0.267 e. The van der Waals surface area contributed by atoms with Crippen LogP contribution in [0.3, 0.4) is 0 Å². The van der Waals surface area contributed by atoms with Crippen LogP contribution in [0.5, 0.6) is 0 Å². The van der Waals surface area contributed by atoms with Crippen molar-refractivity contribution < 1.29 is 19.2 Å². The average molecular weight is 326 g/mol. The Morgan fingerprint density at radius 3 is 1.17 bits per heavy atom. The number of rotatable bonds is 2. The third-order valence-corrected chi connectivity index (χ3v) is 2.86. The first-order chi connectivity index (χ1) is 11.6. The standard InChI is InChI=1S/C16H14N4O4/c21-13(11-7-3-1-4-8-11)17-19-15(23)16(24)20-18-14(22)12-9-5-2-6-10-12/h1-10H,(H,17,21)(H,18,22)(H,19,23)(H,20,24). The van der Waals surface area contributed by atoms with Gasteiger partial charge in [0.25, 0.3) is 11.8 Å². The molecular formula is C16H14N4O4. The van der Waals surface area contributed by atoms with Gasteiger partial charge in [0, 0.05) is 11.1 Å². The van der Waals surface area contributed by atoms with Crippen molar-refractivity contribution in [1.82, 2.24) is 21.7 Å². The van der Waals surface area contributed by atoms with Crippen LogP contribution in [0.15, 0.2) is 60.7 Å². The Bertz CT molecular complexity index is 682. The number of hydrogen-bond acceptors (Lipinski definition) is 4. The molecule has 4 N–H and O–H groups in total. The fourth-order valence-corrected chi connectivity index (χ4v) is 1.66. The molecular weight excluding hydrogens is 312 g/mol. The lowest BCUT2D eigenvalue weighted by Gasteiger charge is -2.09. The summed E-state index contributed by atoms with van der Waals surface area (Å²) in [4.78, 5) is 46.5. The topological polar surface area (TPSA) is 116 Å². The lowest BCUT2D eigenvalue weighted by Crippen LogP contribution is -2.52. The molecule has 0 bridgehead atoms. The second kappa shape index (κ2) is 8.08. The molecule has 0 heterocycles. The molecule has 2 rings (SSSR count). The summed E-state index contributed by atoms with van der Waals surface area (Å²) >= 11 is 0. The van der Waals surface area contributed by atoms with E-state index in [-0.39, 0.29) is 0 Å². The van der Waals surface area contributed by atoms with Crippen molar-refractivity contribution >= 4 is 23.6 Å². The van der Waals surface area contributed by atoms with E-state index in [0.717, 1.165) is 0 Å². The molecule has 0 atom stereocenters. The molecule has 0 saturated carbocycles. The number of hydrogen-bond donors (Lipinski definition) is 4. The fourth-order valence-electron chi connectivity index (χ4n) is 1.66. The Morgan fingerprint density at radius 2 is 0.833 bits per heavy atom. The monoisotopic (exact) mass is 326 g/mol. The number of nitrogens with one attached hydrogen (secondary N) is 4. The van der Waals surface area contributed by atoms with Gasteiger partial charge in [0.15, 0.2) is 0 Å². The maximum atomic E-state index is 11.7. The van der Waals surface area contributed by atoms with Crippen LogP contribution in [0, 0.1) is 0 Å². The second-order valence-electron chi connectivity index (χ2n) is 4.55. The van der Waals surface area contributed by atoms with E-state index in [2.05, 4.69) is 10.9 Å². The van der Waals surface area contributed by atoms with Crippen molar-refractivity contribution in [2.24, 2.45) is 0 Å². The summed E-state index contributed by atoms with van der Waals surface area (Å²) in [6.07, 6.45) is 0. The maximum Gasteiger partial charge on any atom is 0.329 e. The third kappa shape index (κ3) is 4.67. The summed E-state index contributed by atoms with van der Waals surface area (Å²) < 4.78 is 0. The van der Waals surface area contributed by atoms with E-state index in [4.69, 9.17) is 0 Å². The summed E-state index contributed by atoms with van der Waals surface area (Å²) in [5.41, 5.74) is 8.69. The molecule has 0 fully saturated rings. The first kappa shape index (κ1) is 16.7.